The van der Waals surface area contributed by atoms with Crippen LogP contribution in [0.15, 0.2) is 18.2 Å². The van der Waals surface area contributed by atoms with Gasteiger partial charge in [-0.3, -0.25) is 0 Å². The minimum atomic E-state index is -0.537. The molecular weight excluding hydrogens is 234 g/mol. The van der Waals surface area contributed by atoms with Crippen LogP contribution in [-0.2, 0) is 0 Å². The molecule has 0 spiro atoms. The monoisotopic (exact) mass is 254 g/mol. The fraction of sp³-hybridized carbons (Fsp3) is 0.571. The third-order valence-electron chi connectivity index (χ3n) is 3.62. The Kier molecular flexibility index (Phi) is 4.17. The number of rotatable bonds is 3. The molecule has 1 saturated heterocycles. The molecule has 1 aromatic rings. The van der Waals surface area contributed by atoms with Gasteiger partial charge >= 0.3 is 0 Å². The molecule has 1 aliphatic heterocycles. The van der Waals surface area contributed by atoms with E-state index in [4.69, 9.17) is 0 Å². The molecule has 0 radical (unpaired) electrons. The van der Waals surface area contributed by atoms with Gasteiger partial charge in [0, 0.05) is 24.3 Å². The van der Waals surface area contributed by atoms with Crippen molar-refractivity contribution < 1.29 is 8.78 Å². The summed E-state index contributed by atoms with van der Waals surface area (Å²) in [5.41, 5.74) is 0.522. The highest BCUT2D eigenvalue weighted by Crippen LogP contribution is 2.22. The summed E-state index contributed by atoms with van der Waals surface area (Å²) < 4.78 is 26.2. The zero-order valence-corrected chi connectivity index (χ0v) is 10.9. The van der Waals surface area contributed by atoms with E-state index in [1.165, 1.54) is 18.6 Å². The molecule has 0 saturated carbocycles. The minimum absolute atomic E-state index is 0.217. The Labute approximate surface area is 107 Å². The van der Waals surface area contributed by atoms with Gasteiger partial charge in [-0.15, -0.1) is 0 Å². The molecule has 1 aliphatic rings. The Morgan fingerprint density at radius 3 is 2.56 bits per heavy atom. The lowest BCUT2D eigenvalue weighted by Crippen LogP contribution is -2.39. The minimum Gasteiger partial charge on any atom is -0.382 e. The first kappa shape index (κ1) is 13.3. The maximum absolute atomic E-state index is 13.1. The SMILES string of the molecule is CC(Nc1cc(F)cc(F)c1)C1CCCN(C)C1. The quantitative estimate of drug-likeness (QED) is 0.891. The van der Waals surface area contributed by atoms with Crippen molar-refractivity contribution in [3.05, 3.63) is 29.8 Å². The van der Waals surface area contributed by atoms with Crippen LogP contribution in [0, 0.1) is 17.6 Å². The second-order valence-corrected chi connectivity index (χ2v) is 5.26. The molecule has 1 N–H and O–H groups in total. The number of halogens is 2. The Bertz CT molecular complexity index is 389. The highest BCUT2D eigenvalue weighted by Gasteiger charge is 2.22. The van der Waals surface area contributed by atoms with Gasteiger partial charge in [-0.05, 0) is 51.4 Å². The molecule has 0 amide bonds. The number of hydrogen-bond donors (Lipinski definition) is 1. The van der Waals surface area contributed by atoms with Crippen LogP contribution in [0.1, 0.15) is 19.8 Å². The van der Waals surface area contributed by atoms with Crippen LogP contribution in [0.2, 0.25) is 0 Å². The number of hydrogen-bond acceptors (Lipinski definition) is 2. The summed E-state index contributed by atoms with van der Waals surface area (Å²) in [5, 5.41) is 3.21. The molecule has 0 aliphatic carbocycles. The second-order valence-electron chi connectivity index (χ2n) is 5.26. The highest BCUT2D eigenvalue weighted by molar-refractivity contribution is 5.44. The average molecular weight is 254 g/mol. The average Bonchev–Trinajstić information content (AvgIpc) is 2.27. The topological polar surface area (TPSA) is 15.3 Å². The van der Waals surface area contributed by atoms with Gasteiger partial charge < -0.3 is 10.2 Å². The molecule has 2 unspecified atom stereocenters. The fourth-order valence-electron chi connectivity index (χ4n) is 2.63. The van der Waals surface area contributed by atoms with Crippen molar-refractivity contribution in [3.8, 4) is 0 Å². The van der Waals surface area contributed by atoms with E-state index in [9.17, 15) is 8.78 Å². The number of likely N-dealkylation sites (tertiary alicyclic amines) is 1. The first-order chi connectivity index (χ1) is 8.54. The Morgan fingerprint density at radius 2 is 1.94 bits per heavy atom. The summed E-state index contributed by atoms with van der Waals surface area (Å²) in [4.78, 5) is 2.30. The molecule has 0 bridgehead atoms. The summed E-state index contributed by atoms with van der Waals surface area (Å²) in [7, 11) is 2.11. The van der Waals surface area contributed by atoms with Crippen LogP contribution in [-0.4, -0.2) is 31.1 Å². The molecule has 1 heterocycles. The smallest absolute Gasteiger partial charge is 0.128 e. The lowest BCUT2D eigenvalue weighted by molar-refractivity contribution is 0.197. The number of benzene rings is 1. The number of nitrogens with zero attached hydrogens (tertiary/aromatic N) is 1. The predicted molar refractivity (Wildman–Crippen MR) is 69.7 cm³/mol. The van der Waals surface area contributed by atoms with Gasteiger partial charge in [0.05, 0.1) is 0 Å². The van der Waals surface area contributed by atoms with Gasteiger partial charge in [0.15, 0.2) is 0 Å². The van der Waals surface area contributed by atoms with Crippen LogP contribution < -0.4 is 5.32 Å². The molecule has 2 atom stereocenters. The fourth-order valence-corrected chi connectivity index (χ4v) is 2.63. The largest absolute Gasteiger partial charge is 0.382 e. The van der Waals surface area contributed by atoms with E-state index in [0.29, 0.717) is 11.6 Å². The van der Waals surface area contributed by atoms with Gasteiger partial charge in [-0.2, -0.15) is 0 Å². The van der Waals surface area contributed by atoms with Crippen molar-refractivity contribution in [2.75, 3.05) is 25.5 Å². The lowest BCUT2D eigenvalue weighted by Gasteiger charge is -2.34. The maximum Gasteiger partial charge on any atom is 0.128 e. The van der Waals surface area contributed by atoms with Crippen LogP contribution in [0.4, 0.5) is 14.5 Å². The zero-order valence-electron chi connectivity index (χ0n) is 10.9. The Balaban J connectivity index is 1.99. The summed E-state index contributed by atoms with van der Waals surface area (Å²) in [6.45, 7) is 4.25. The van der Waals surface area contributed by atoms with Crippen molar-refractivity contribution in [1.82, 2.24) is 4.90 Å². The third-order valence-corrected chi connectivity index (χ3v) is 3.62. The summed E-state index contributed by atoms with van der Waals surface area (Å²) in [5.74, 6) is -0.550. The van der Waals surface area contributed by atoms with Gasteiger partial charge in [0.2, 0.25) is 0 Å². The van der Waals surface area contributed by atoms with E-state index in [2.05, 4.69) is 24.2 Å². The number of anilines is 1. The van der Waals surface area contributed by atoms with E-state index < -0.39 is 11.6 Å². The first-order valence-electron chi connectivity index (χ1n) is 6.46. The molecule has 0 aromatic heterocycles. The standard InChI is InChI=1S/C14H20F2N2/c1-10(11-4-3-5-18(2)9-11)17-14-7-12(15)6-13(16)8-14/h6-8,10-11,17H,3-5,9H2,1-2H3. The van der Waals surface area contributed by atoms with E-state index >= 15 is 0 Å². The molecule has 1 fully saturated rings. The molecule has 18 heavy (non-hydrogen) atoms. The normalized spacial score (nSPS) is 22.8. The molecular formula is C14H20F2N2. The van der Waals surface area contributed by atoms with E-state index in [1.54, 1.807) is 0 Å². The lowest BCUT2D eigenvalue weighted by atomic mass is 9.92. The molecule has 2 nitrogen and oxygen atoms in total. The van der Waals surface area contributed by atoms with Crippen LogP contribution in [0.3, 0.4) is 0 Å². The van der Waals surface area contributed by atoms with E-state index in [1.807, 2.05) is 0 Å². The summed E-state index contributed by atoms with van der Waals surface area (Å²) in [6.07, 6.45) is 2.35. The molecule has 4 heteroatoms. The van der Waals surface area contributed by atoms with E-state index in [-0.39, 0.29) is 6.04 Å². The summed E-state index contributed by atoms with van der Waals surface area (Å²) >= 11 is 0. The second kappa shape index (κ2) is 5.65. The van der Waals surface area contributed by atoms with Gasteiger partial charge in [-0.25, -0.2) is 8.78 Å². The van der Waals surface area contributed by atoms with Gasteiger partial charge in [0.1, 0.15) is 11.6 Å². The third kappa shape index (κ3) is 3.42. The Hall–Kier alpha value is -1.16. The van der Waals surface area contributed by atoms with Gasteiger partial charge in [-0.1, -0.05) is 0 Å². The predicted octanol–water partition coefficient (Wildman–Crippen LogP) is 3.11. The van der Waals surface area contributed by atoms with Crippen molar-refractivity contribution in [3.63, 3.8) is 0 Å². The molecule has 1 aromatic carbocycles. The van der Waals surface area contributed by atoms with Crippen molar-refractivity contribution in [1.29, 1.82) is 0 Å². The first-order valence-corrected chi connectivity index (χ1v) is 6.46. The van der Waals surface area contributed by atoms with Crippen LogP contribution >= 0.6 is 0 Å². The Morgan fingerprint density at radius 1 is 1.28 bits per heavy atom. The molecule has 100 valence electrons. The number of piperidine rings is 1. The maximum atomic E-state index is 13.1. The van der Waals surface area contributed by atoms with Crippen LogP contribution in [0.25, 0.3) is 0 Å². The van der Waals surface area contributed by atoms with Crippen LogP contribution in [0.5, 0.6) is 0 Å². The summed E-state index contributed by atoms with van der Waals surface area (Å²) in [6, 6.07) is 3.79. The highest BCUT2D eigenvalue weighted by atomic mass is 19.1. The number of nitrogens with one attached hydrogen (secondary N) is 1. The van der Waals surface area contributed by atoms with Crippen molar-refractivity contribution >= 4 is 5.69 Å². The van der Waals surface area contributed by atoms with Crippen molar-refractivity contribution in [2.45, 2.75) is 25.8 Å². The van der Waals surface area contributed by atoms with Crippen molar-refractivity contribution in [2.24, 2.45) is 5.92 Å². The van der Waals surface area contributed by atoms with E-state index in [0.717, 1.165) is 25.6 Å². The zero-order chi connectivity index (χ0) is 13.1. The molecule has 2 rings (SSSR count). The van der Waals surface area contributed by atoms with Gasteiger partial charge in [0.25, 0.3) is 0 Å².